The molecule has 0 heterocycles. The van der Waals surface area contributed by atoms with Gasteiger partial charge < -0.3 is 20.1 Å². The van der Waals surface area contributed by atoms with Crippen LogP contribution in [0.2, 0.25) is 0 Å². The molecule has 0 saturated heterocycles. The van der Waals surface area contributed by atoms with Crippen molar-refractivity contribution in [2.45, 2.75) is 57.6 Å². The Labute approximate surface area is 122 Å². The first kappa shape index (κ1) is 17.4. The fourth-order valence-corrected chi connectivity index (χ4v) is 2.47. The largest absolute Gasteiger partial charge is 0.385 e. The Kier molecular flexibility index (Phi) is 9.62. The van der Waals surface area contributed by atoms with Gasteiger partial charge in [-0.15, -0.1) is 0 Å². The maximum atomic E-state index is 11.6. The molecule has 1 aliphatic rings. The fourth-order valence-electron chi connectivity index (χ4n) is 2.47. The van der Waals surface area contributed by atoms with Crippen LogP contribution in [0.15, 0.2) is 0 Å². The summed E-state index contributed by atoms with van der Waals surface area (Å²) >= 11 is 0. The number of carbonyl (C=O) groups is 1. The van der Waals surface area contributed by atoms with Gasteiger partial charge in [0.2, 0.25) is 5.91 Å². The zero-order chi connectivity index (χ0) is 14.6. The molecule has 5 heteroatoms. The first-order valence-corrected chi connectivity index (χ1v) is 7.86. The van der Waals surface area contributed by atoms with Gasteiger partial charge in [0.15, 0.2) is 0 Å². The second-order valence-corrected chi connectivity index (χ2v) is 5.44. The van der Waals surface area contributed by atoms with E-state index < -0.39 is 0 Å². The highest BCUT2D eigenvalue weighted by Gasteiger charge is 2.21. The van der Waals surface area contributed by atoms with Gasteiger partial charge in [0.1, 0.15) is 6.61 Å². The summed E-state index contributed by atoms with van der Waals surface area (Å²) in [5, 5.41) is 6.39. The third-order valence-electron chi connectivity index (χ3n) is 3.65. The van der Waals surface area contributed by atoms with Crippen LogP contribution < -0.4 is 10.6 Å². The average molecular weight is 286 g/mol. The first-order chi connectivity index (χ1) is 9.76. The molecule has 0 atom stereocenters. The van der Waals surface area contributed by atoms with Gasteiger partial charge in [0.05, 0.1) is 6.10 Å². The minimum atomic E-state index is -0.0210. The van der Waals surface area contributed by atoms with Crippen LogP contribution in [0.5, 0.6) is 0 Å². The van der Waals surface area contributed by atoms with Crippen molar-refractivity contribution in [2.24, 2.45) is 0 Å². The van der Waals surface area contributed by atoms with E-state index >= 15 is 0 Å². The molecule has 0 spiro atoms. The summed E-state index contributed by atoms with van der Waals surface area (Å²) in [6, 6.07) is 0.637. The van der Waals surface area contributed by atoms with Gasteiger partial charge in [0, 0.05) is 26.3 Å². The molecule has 0 radical (unpaired) electrons. The quantitative estimate of drug-likeness (QED) is 0.597. The Morgan fingerprint density at radius 2 is 1.95 bits per heavy atom. The topological polar surface area (TPSA) is 59.6 Å². The molecule has 1 fully saturated rings. The minimum Gasteiger partial charge on any atom is -0.385 e. The van der Waals surface area contributed by atoms with Crippen molar-refractivity contribution in [3.8, 4) is 0 Å². The summed E-state index contributed by atoms with van der Waals surface area (Å²) in [7, 11) is 1.66. The molecule has 0 aliphatic heterocycles. The Morgan fingerprint density at radius 3 is 2.60 bits per heavy atom. The Morgan fingerprint density at radius 1 is 1.20 bits per heavy atom. The van der Waals surface area contributed by atoms with E-state index in [1.165, 1.54) is 6.42 Å². The predicted molar refractivity (Wildman–Crippen MR) is 79.8 cm³/mol. The smallest absolute Gasteiger partial charge is 0.246 e. The lowest BCUT2D eigenvalue weighted by Gasteiger charge is -2.29. The fraction of sp³-hybridized carbons (Fsp3) is 0.933. The van der Waals surface area contributed by atoms with Crippen molar-refractivity contribution in [1.82, 2.24) is 10.6 Å². The molecule has 1 rings (SSSR count). The van der Waals surface area contributed by atoms with Gasteiger partial charge >= 0.3 is 0 Å². The Balaban J connectivity index is 2.01. The molecule has 0 bridgehead atoms. The molecule has 2 N–H and O–H groups in total. The third kappa shape index (κ3) is 7.82. The van der Waals surface area contributed by atoms with E-state index in [9.17, 15) is 4.79 Å². The van der Waals surface area contributed by atoms with Gasteiger partial charge in [-0.3, -0.25) is 4.79 Å². The summed E-state index contributed by atoms with van der Waals surface area (Å²) in [5.41, 5.74) is 0. The van der Waals surface area contributed by atoms with Crippen LogP contribution in [0.3, 0.4) is 0 Å². The highest BCUT2D eigenvalue weighted by Crippen LogP contribution is 2.21. The van der Waals surface area contributed by atoms with E-state index in [2.05, 4.69) is 17.6 Å². The van der Waals surface area contributed by atoms with Crippen LogP contribution in [0.1, 0.15) is 45.4 Å². The second kappa shape index (κ2) is 11.1. The third-order valence-corrected chi connectivity index (χ3v) is 3.65. The second-order valence-electron chi connectivity index (χ2n) is 5.44. The van der Waals surface area contributed by atoms with Crippen LogP contribution in [-0.2, 0) is 14.3 Å². The summed E-state index contributed by atoms with van der Waals surface area (Å²) in [5.74, 6) is -0.0210. The summed E-state index contributed by atoms with van der Waals surface area (Å²) in [6.07, 6.45) is 6.69. The lowest BCUT2D eigenvalue weighted by atomic mass is 9.93. The normalized spacial score (nSPS) is 22.7. The maximum Gasteiger partial charge on any atom is 0.246 e. The van der Waals surface area contributed by atoms with Crippen LogP contribution in [0, 0.1) is 0 Å². The predicted octanol–water partition coefficient (Wildman–Crippen LogP) is 1.47. The average Bonchev–Trinajstić information content (AvgIpc) is 2.48. The van der Waals surface area contributed by atoms with Gasteiger partial charge in [-0.1, -0.05) is 6.92 Å². The van der Waals surface area contributed by atoms with Crippen molar-refractivity contribution >= 4 is 5.91 Å². The standard InChI is InChI=1S/C15H30N2O3/c1-3-9-16-13-5-7-14(8-6-13)20-12-15(18)17-10-4-11-19-2/h13-14,16H,3-12H2,1-2H3,(H,17,18). The number of hydrogen-bond acceptors (Lipinski definition) is 4. The number of nitrogens with one attached hydrogen (secondary N) is 2. The summed E-state index contributed by atoms with van der Waals surface area (Å²) in [6.45, 7) is 4.80. The van der Waals surface area contributed by atoms with Gasteiger partial charge in [0.25, 0.3) is 0 Å². The summed E-state index contributed by atoms with van der Waals surface area (Å²) < 4.78 is 10.6. The Hall–Kier alpha value is -0.650. The van der Waals surface area contributed by atoms with Crippen molar-refractivity contribution in [3.05, 3.63) is 0 Å². The zero-order valence-electron chi connectivity index (χ0n) is 13.0. The molecule has 0 aromatic heterocycles. The Bertz CT molecular complexity index is 254. The minimum absolute atomic E-state index is 0.0210. The molecule has 0 aromatic carbocycles. The highest BCUT2D eigenvalue weighted by atomic mass is 16.5. The zero-order valence-corrected chi connectivity index (χ0v) is 13.0. The van der Waals surface area contributed by atoms with E-state index in [0.29, 0.717) is 19.2 Å². The van der Waals surface area contributed by atoms with Crippen LogP contribution >= 0.6 is 0 Å². The number of methoxy groups -OCH3 is 1. The van der Waals surface area contributed by atoms with Crippen molar-refractivity contribution in [1.29, 1.82) is 0 Å². The molecular weight excluding hydrogens is 256 g/mol. The van der Waals surface area contributed by atoms with Crippen molar-refractivity contribution in [3.63, 3.8) is 0 Å². The lowest BCUT2D eigenvalue weighted by molar-refractivity contribution is -0.128. The molecule has 1 aliphatic carbocycles. The molecular formula is C15H30N2O3. The number of rotatable bonds is 10. The SMILES string of the molecule is CCCNC1CCC(OCC(=O)NCCCOC)CC1. The first-order valence-electron chi connectivity index (χ1n) is 7.86. The van der Waals surface area contributed by atoms with E-state index in [4.69, 9.17) is 9.47 Å². The molecule has 20 heavy (non-hydrogen) atoms. The van der Waals surface area contributed by atoms with Crippen LogP contribution in [-0.4, -0.2) is 51.5 Å². The monoisotopic (exact) mass is 286 g/mol. The molecule has 5 nitrogen and oxygen atoms in total. The lowest BCUT2D eigenvalue weighted by Crippen LogP contribution is -2.37. The highest BCUT2D eigenvalue weighted by molar-refractivity contribution is 5.77. The number of carbonyl (C=O) groups excluding carboxylic acids is 1. The molecule has 0 unspecified atom stereocenters. The van der Waals surface area contributed by atoms with Gasteiger partial charge in [-0.25, -0.2) is 0 Å². The van der Waals surface area contributed by atoms with Crippen molar-refractivity contribution < 1.29 is 14.3 Å². The maximum absolute atomic E-state index is 11.6. The molecule has 0 aromatic rings. The number of amides is 1. The molecule has 1 amide bonds. The number of ether oxygens (including phenoxy) is 2. The van der Waals surface area contributed by atoms with Gasteiger partial charge in [-0.05, 0) is 45.1 Å². The van der Waals surface area contributed by atoms with Gasteiger partial charge in [-0.2, -0.15) is 0 Å². The number of hydrogen-bond donors (Lipinski definition) is 2. The van der Waals surface area contributed by atoms with Crippen LogP contribution in [0.25, 0.3) is 0 Å². The van der Waals surface area contributed by atoms with Crippen LogP contribution in [0.4, 0.5) is 0 Å². The summed E-state index contributed by atoms with van der Waals surface area (Å²) in [4.78, 5) is 11.6. The van der Waals surface area contributed by atoms with E-state index in [1.807, 2.05) is 0 Å². The van der Waals surface area contributed by atoms with E-state index in [0.717, 1.165) is 38.6 Å². The van der Waals surface area contributed by atoms with E-state index in [1.54, 1.807) is 7.11 Å². The van der Waals surface area contributed by atoms with Crippen molar-refractivity contribution in [2.75, 3.05) is 33.4 Å². The molecule has 118 valence electrons. The molecule has 1 saturated carbocycles. The van der Waals surface area contributed by atoms with E-state index in [-0.39, 0.29) is 18.6 Å².